The van der Waals surface area contributed by atoms with E-state index in [1.165, 1.54) is 9.47 Å². The van der Waals surface area contributed by atoms with Crippen LogP contribution in [-0.2, 0) is 13.1 Å². The first kappa shape index (κ1) is 20.5. The number of nitrogens with one attached hydrogen (secondary N) is 1. The van der Waals surface area contributed by atoms with Crippen molar-refractivity contribution in [3.8, 4) is 5.75 Å². The molecule has 7 nitrogen and oxygen atoms in total. The first-order chi connectivity index (χ1) is 15.2. The van der Waals surface area contributed by atoms with Crippen molar-refractivity contribution in [1.82, 2.24) is 14.8 Å². The van der Waals surface area contributed by atoms with Crippen LogP contribution in [0.25, 0.3) is 0 Å². The number of rotatable bonds is 3. The molecule has 11 heteroatoms. The van der Waals surface area contributed by atoms with Crippen molar-refractivity contribution in [2.24, 2.45) is 5.92 Å². The lowest BCUT2D eigenvalue weighted by Crippen LogP contribution is -2.55. The summed E-state index contributed by atoms with van der Waals surface area (Å²) in [5.74, 6) is -6.24. The highest BCUT2D eigenvalue weighted by atomic mass is 19.1. The molecule has 1 aromatic carbocycles. The lowest BCUT2D eigenvalue weighted by Gasteiger charge is -2.41. The van der Waals surface area contributed by atoms with Crippen molar-refractivity contribution in [3.63, 3.8) is 0 Å². The minimum atomic E-state index is -1.21. The van der Waals surface area contributed by atoms with Gasteiger partial charge >= 0.3 is 0 Å². The fourth-order valence-electron chi connectivity index (χ4n) is 5.12. The Bertz CT molecular complexity index is 1210. The number of aromatic hydroxyl groups is 1. The summed E-state index contributed by atoms with van der Waals surface area (Å²) in [5, 5.41) is 12.6. The Morgan fingerprint density at radius 1 is 1.12 bits per heavy atom. The van der Waals surface area contributed by atoms with E-state index in [1.807, 2.05) is 0 Å². The van der Waals surface area contributed by atoms with Crippen LogP contribution in [0, 0.1) is 23.4 Å². The van der Waals surface area contributed by atoms with Gasteiger partial charge < -0.3 is 19.9 Å². The number of piperidine rings is 1. The number of amides is 2. The zero-order valence-corrected chi connectivity index (χ0v) is 16.4. The summed E-state index contributed by atoms with van der Waals surface area (Å²) in [4.78, 5) is 39.4. The second-order valence-corrected chi connectivity index (χ2v) is 8.35. The molecule has 5 rings (SSSR count). The molecule has 0 spiro atoms. The highest BCUT2D eigenvalue weighted by Crippen LogP contribution is 2.47. The molecule has 3 heterocycles. The third kappa shape index (κ3) is 2.90. The van der Waals surface area contributed by atoms with E-state index in [0.29, 0.717) is 25.0 Å². The maximum atomic E-state index is 14.1. The number of carbonyl (C=O) groups is 2. The number of pyridine rings is 1. The van der Waals surface area contributed by atoms with Crippen LogP contribution in [0.3, 0.4) is 0 Å². The monoisotopic (exact) mass is 451 g/mol. The van der Waals surface area contributed by atoms with Crippen LogP contribution >= 0.6 is 0 Å². The van der Waals surface area contributed by atoms with Gasteiger partial charge in [-0.2, -0.15) is 0 Å². The van der Waals surface area contributed by atoms with Crippen molar-refractivity contribution < 1.29 is 32.3 Å². The number of benzene rings is 1. The number of hydrogen-bond donors (Lipinski definition) is 2. The molecule has 0 radical (unpaired) electrons. The Hall–Kier alpha value is -3.37. The van der Waals surface area contributed by atoms with Gasteiger partial charge in [0.05, 0.1) is 12.1 Å². The van der Waals surface area contributed by atoms with Gasteiger partial charge in [-0.3, -0.25) is 14.4 Å². The molecule has 2 aromatic rings. The van der Waals surface area contributed by atoms with Crippen LogP contribution in [0.2, 0.25) is 0 Å². The average molecular weight is 451 g/mol. The van der Waals surface area contributed by atoms with Gasteiger partial charge in [-0.15, -0.1) is 0 Å². The Balaban J connectivity index is 1.44. The third-order valence-corrected chi connectivity index (χ3v) is 6.60. The summed E-state index contributed by atoms with van der Waals surface area (Å²) < 4.78 is 56.1. The normalized spacial score (nSPS) is 25.6. The average Bonchev–Trinajstić information content (AvgIpc) is 3.27. The summed E-state index contributed by atoms with van der Waals surface area (Å²) in [6, 6.07) is 0.00828. The van der Waals surface area contributed by atoms with Crippen LogP contribution in [0.15, 0.2) is 23.1 Å². The van der Waals surface area contributed by atoms with Crippen LogP contribution in [0.4, 0.5) is 17.6 Å². The molecule has 3 aliphatic rings. The molecule has 2 fully saturated rings. The number of fused-ring (bicyclic) bond motifs is 6. The highest BCUT2D eigenvalue weighted by molar-refractivity contribution is 5.99. The molecular weight excluding hydrogens is 434 g/mol. The van der Waals surface area contributed by atoms with Crippen molar-refractivity contribution in [3.05, 3.63) is 62.8 Å². The predicted octanol–water partition coefficient (Wildman–Crippen LogP) is 1.86. The first-order valence-electron chi connectivity index (χ1n) is 10.0. The summed E-state index contributed by atoms with van der Waals surface area (Å²) in [7, 11) is 0. The number of nitrogens with zero attached hydrogens (tertiary/aromatic N) is 2. The molecule has 4 atom stereocenters. The van der Waals surface area contributed by atoms with Gasteiger partial charge in [-0.1, -0.05) is 0 Å². The molecule has 168 valence electrons. The maximum Gasteiger partial charge on any atom is 0.275 e. The SMILES string of the molecule is O=C(NCc1c(F)cc(F)cc1F)c1cn2c(c(O)c1=O)C(=O)N1C(C2)C2CC1[C@H](F)C2. The van der Waals surface area contributed by atoms with Gasteiger partial charge in [-0.05, 0) is 18.8 Å². The molecular formula is C21H17F4N3O4. The van der Waals surface area contributed by atoms with Gasteiger partial charge in [0, 0.05) is 37.0 Å². The topological polar surface area (TPSA) is 91.6 Å². The zero-order chi connectivity index (χ0) is 22.9. The minimum Gasteiger partial charge on any atom is -0.503 e. The van der Waals surface area contributed by atoms with Gasteiger partial charge in [-0.25, -0.2) is 17.6 Å². The minimum absolute atomic E-state index is 0.0598. The van der Waals surface area contributed by atoms with Crippen LogP contribution in [0.1, 0.15) is 39.3 Å². The largest absolute Gasteiger partial charge is 0.503 e. The summed E-state index contributed by atoms with van der Waals surface area (Å²) in [6.45, 7) is -0.500. The molecule has 1 saturated carbocycles. The molecule has 1 saturated heterocycles. The molecule has 32 heavy (non-hydrogen) atoms. The Kier molecular flexibility index (Phi) is 4.54. The summed E-state index contributed by atoms with van der Waals surface area (Å²) in [5.41, 5.74) is -2.59. The van der Waals surface area contributed by atoms with E-state index < -0.39 is 70.3 Å². The molecule has 2 bridgehead atoms. The van der Waals surface area contributed by atoms with E-state index in [-0.39, 0.29) is 24.2 Å². The number of alkyl halides is 1. The van der Waals surface area contributed by atoms with E-state index in [9.17, 15) is 37.1 Å². The number of halogens is 4. The summed E-state index contributed by atoms with van der Waals surface area (Å²) in [6.07, 6.45) is 0.776. The van der Waals surface area contributed by atoms with Crippen LogP contribution in [0.5, 0.6) is 5.75 Å². The third-order valence-electron chi connectivity index (χ3n) is 6.60. The number of hydrogen-bond acceptors (Lipinski definition) is 4. The molecule has 3 unspecified atom stereocenters. The maximum absolute atomic E-state index is 14.1. The standard InChI is InChI=1S/C21H17F4N3O4/c22-9-3-12(23)10(13(24)4-9)5-26-20(31)11-6-27-7-16-8-1-14(25)15(2-8)28(16)21(32)17(27)19(30)18(11)29/h3-4,6,8,14-16,30H,1-2,5,7H2,(H,26,31)/t8?,14-,15?,16?/m1/s1. The zero-order valence-electron chi connectivity index (χ0n) is 16.4. The molecule has 2 amide bonds. The van der Waals surface area contributed by atoms with Gasteiger partial charge in [0.1, 0.15) is 29.2 Å². The quantitative estimate of drug-likeness (QED) is 0.697. The van der Waals surface area contributed by atoms with E-state index in [0.717, 1.165) is 6.20 Å². The molecule has 1 aliphatic carbocycles. The predicted molar refractivity (Wildman–Crippen MR) is 101 cm³/mol. The second kappa shape index (κ2) is 7.07. The lowest BCUT2D eigenvalue weighted by atomic mass is 9.95. The lowest BCUT2D eigenvalue weighted by molar-refractivity contribution is 0.0315. The van der Waals surface area contributed by atoms with Crippen molar-refractivity contribution >= 4 is 11.8 Å². The Labute approximate surface area is 178 Å². The van der Waals surface area contributed by atoms with Gasteiger partial charge in [0.15, 0.2) is 11.4 Å². The van der Waals surface area contributed by atoms with Crippen molar-refractivity contribution in [2.75, 3.05) is 0 Å². The van der Waals surface area contributed by atoms with Crippen molar-refractivity contribution in [1.29, 1.82) is 0 Å². The fraction of sp³-hybridized carbons (Fsp3) is 0.381. The van der Waals surface area contributed by atoms with Gasteiger partial charge in [0.2, 0.25) is 5.43 Å². The summed E-state index contributed by atoms with van der Waals surface area (Å²) >= 11 is 0. The molecule has 1 aromatic heterocycles. The molecule has 2 aliphatic heterocycles. The molecule has 2 N–H and O–H groups in total. The van der Waals surface area contributed by atoms with E-state index in [4.69, 9.17) is 0 Å². The smallest absolute Gasteiger partial charge is 0.275 e. The van der Waals surface area contributed by atoms with Crippen LogP contribution < -0.4 is 10.7 Å². The number of aromatic nitrogens is 1. The highest BCUT2D eigenvalue weighted by Gasteiger charge is 2.56. The first-order valence-corrected chi connectivity index (χ1v) is 10.0. The van der Waals surface area contributed by atoms with E-state index in [1.54, 1.807) is 0 Å². The Morgan fingerprint density at radius 3 is 2.50 bits per heavy atom. The van der Waals surface area contributed by atoms with Crippen LogP contribution in [-0.4, -0.2) is 44.6 Å². The second-order valence-electron chi connectivity index (χ2n) is 8.35. The van der Waals surface area contributed by atoms with E-state index in [2.05, 4.69) is 5.32 Å². The Morgan fingerprint density at radius 2 is 1.81 bits per heavy atom. The fourth-order valence-corrected chi connectivity index (χ4v) is 5.12. The van der Waals surface area contributed by atoms with Gasteiger partial charge in [0.25, 0.3) is 11.8 Å². The number of carbonyl (C=O) groups excluding carboxylic acids is 2. The van der Waals surface area contributed by atoms with Crippen molar-refractivity contribution in [2.45, 2.75) is 44.2 Å². The van der Waals surface area contributed by atoms with E-state index >= 15 is 0 Å².